The summed E-state index contributed by atoms with van der Waals surface area (Å²) in [7, 11) is 1.20. The van der Waals surface area contributed by atoms with Gasteiger partial charge in [0.15, 0.2) is 0 Å². The number of nitrogens with two attached hydrogens (primary N) is 1. The fourth-order valence-corrected chi connectivity index (χ4v) is 0.788. The van der Waals surface area contributed by atoms with E-state index in [1.165, 1.54) is 7.11 Å². The molecule has 0 amide bonds. The molecule has 0 aromatic carbocycles. The van der Waals surface area contributed by atoms with Crippen molar-refractivity contribution in [2.24, 2.45) is 11.7 Å². The lowest BCUT2D eigenvalue weighted by atomic mass is 10.0. The average Bonchev–Trinajstić information content (AvgIpc) is 1.99. The molecule has 1 unspecified atom stereocenters. The van der Waals surface area contributed by atoms with Gasteiger partial charge in [-0.2, -0.15) is 0 Å². The van der Waals surface area contributed by atoms with E-state index in [1.807, 2.05) is 13.8 Å². The van der Waals surface area contributed by atoms with Gasteiger partial charge in [-0.05, 0) is 12.3 Å². The molecule has 4 nitrogen and oxygen atoms in total. The molecule has 0 rings (SSSR count). The molecule has 0 radical (unpaired) electrons. The Bertz CT molecular complexity index is 154. The lowest BCUT2D eigenvalue weighted by molar-refractivity contribution is -0.162. The predicted molar refractivity (Wildman–Crippen MR) is 45.2 cm³/mol. The molecular formula is C8H17NO3. The highest BCUT2D eigenvalue weighted by molar-refractivity contribution is 5.78. The fraction of sp³-hybridized carbons (Fsp3) is 0.875. The monoisotopic (exact) mass is 175 g/mol. The number of carbonyl (C=O) groups is 1. The molecule has 0 aliphatic rings. The van der Waals surface area contributed by atoms with Crippen LogP contribution < -0.4 is 5.73 Å². The summed E-state index contributed by atoms with van der Waals surface area (Å²) < 4.78 is 4.33. The molecule has 0 spiro atoms. The van der Waals surface area contributed by atoms with E-state index in [4.69, 9.17) is 5.73 Å². The first-order valence-corrected chi connectivity index (χ1v) is 4.00. The number of esters is 1. The molecule has 3 N–H and O–H groups in total. The van der Waals surface area contributed by atoms with Gasteiger partial charge in [0.1, 0.15) is 0 Å². The lowest BCUT2D eigenvalue weighted by Gasteiger charge is -2.20. The average molecular weight is 175 g/mol. The van der Waals surface area contributed by atoms with E-state index in [0.717, 1.165) is 0 Å². The van der Waals surface area contributed by atoms with Gasteiger partial charge in [0.2, 0.25) is 5.72 Å². The molecule has 0 saturated heterocycles. The first-order valence-electron chi connectivity index (χ1n) is 4.00. The third-order valence-electron chi connectivity index (χ3n) is 1.64. The number of methoxy groups -OCH3 is 1. The van der Waals surface area contributed by atoms with Crippen LogP contribution in [0.5, 0.6) is 0 Å². The van der Waals surface area contributed by atoms with Gasteiger partial charge in [-0.1, -0.05) is 13.8 Å². The summed E-state index contributed by atoms with van der Waals surface area (Å²) in [6, 6.07) is 0. The lowest BCUT2D eigenvalue weighted by Crippen LogP contribution is -2.48. The van der Waals surface area contributed by atoms with Crippen molar-refractivity contribution >= 4 is 5.97 Å². The molecule has 0 aromatic rings. The van der Waals surface area contributed by atoms with Crippen LogP contribution in [0.15, 0.2) is 0 Å². The molecule has 72 valence electrons. The van der Waals surface area contributed by atoms with Crippen molar-refractivity contribution in [2.75, 3.05) is 7.11 Å². The van der Waals surface area contributed by atoms with Crippen molar-refractivity contribution in [3.8, 4) is 0 Å². The standard InChI is InChI=1S/C8H17NO3/c1-6(2)4-5-8(9,11)7(10)12-3/h6,11H,4-5,9H2,1-3H3. The molecule has 0 aliphatic carbocycles. The van der Waals surface area contributed by atoms with E-state index < -0.39 is 11.7 Å². The van der Waals surface area contributed by atoms with Gasteiger partial charge in [-0.3, -0.25) is 5.73 Å². The topological polar surface area (TPSA) is 72.5 Å². The number of hydrogen-bond acceptors (Lipinski definition) is 4. The second kappa shape index (κ2) is 4.42. The van der Waals surface area contributed by atoms with Gasteiger partial charge in [-0.25, -0.2) is 4.79 Å². The maximum atomic E-state index is 10.8. The zero-order valence-corrected chi connectivity index (χ0v) is 7.83. The van der Waals surface area contributed by atoms with Gasteiger partial charge in [0.05, 0.1) is 7.11 Å². The van der Waals surface area contributed by atoms with Crippen LogP contribution in [-0.2, 0) is 9.53 Å². The summed E-state index contributed by atoms with van der Waals surface area (Å²) in [5.41, 5.74) is 3.48. The van der Waals surface area contributed by atoms with Crippen molar-refractivity contribution in [1.82, 2.24) is 0 Å². The quantitative estimate of drug-likeness (QED) is 0.474. The van der Waals surface area contributed by atoms with Crippen LogP contribution in [0.3, 0.4) is 0 Å². The summed E-state index contributed by atoms with van der Waals surface area (Å²) in [5.74, 6) is -0.368. The minimum absolute atomic E-state index is 0.233. The second-order valence-corrected chi connectivity index (χ2v) is 3.35. The van der Waals surface area contributed by atoms with E-state index in [2.05, 4.69) is 4.74 Å². The fourth-order valence-electron chi connectivity index (χ4n) is 0.788. The summed E-state index contributed by atoms with van der Waals surface area (Å²) in [6.45, 7) is 3.99. The van der Waals surface area contributed by atoms with Gasteiger partial charge < -0.3 is 9.84 Å². The zero-order chi connectivity index (χ0) is 9.78. The predicted octanol–water partition coefficient (Wildman–Crippen LogP) is 0.243. The maximum Gasteiger partial charge on any atom is 0.353 e. The molecule has 0 aromatic heterocycles. The van der Waals surface area contributed by atoms with Crippen LogP contribution in [0.2, 0.25) is 0 Å². The van der Waals surface area contributed by atoms with Gasteiger partial charge in [-0.15, -0.1) is 0 Å². The Hall–Kier alpha value is -0.610. The van der Waals surface area contributed by atoms with E-state index in [9.17, 15) is 9.90 Å². The van der Waals surface area contributed by atoms with Crippen molar-refractivity contribution < 1.29 is 14.6 Å². The highest BCUT2D eigenvalue weighted by atomic mass is 16.5. The van der Waals surface area contributed by atoms with Crippen molar-refractivity contribution in [2.45, 2.75) is 32.4 Å². The van der Waals surface area contributed by atoms with E-state index in [1.54, 1.807) is 0 Å². The molecule has 0 heterocycles. The summed E-state index contributed by atoms with van der Waals surface area (Å²) >= 11 is 0. The Morgan fingerprint density at radius 1 is 1.67 bits per heavy atom. The van der Waals surface area contributed by atoms with E-state index >= 15 is 0 Å². The number of hydrogen-bond donors (Lipinski definition) is 2. The minimum Gasteiger partial charge on any atom is -0.466 e. The number of carbonyl (C=O) groups excluding carboxylic acids is 1. The largest absolute Gasteiger partial charge is 0.466 e. The Morgan fingerprint density at radius 3 is 2.50 bits per heavy atom. The van der Waals surface area contributed by atoms with Gasteiger partial charge >= 0.3 is 5.97 Å². The number of ether oxygens (including phenoxy) is 1. The molecular weight excluding hydrogens is 158 g/mol. The first-order chi connectivity index (χ1) is 5.40. The SMILES string of the molecule is COC(=O)C(N)(O)CCC(C)C. The minimum atomic E-state index is -1.82. The third kappa shape index (κ3) is 3.69. The first kappa shape index (κ1) is 11.4. The van der Waals surface area contributed by atoms with Gasteiger partial charge in [0, 0.05) is 6.42 Å². The zero-order valence-electron chi connectivity index (χ0n) is 7.83. The Balaban J connectivity index is 3.95. The molecule has 1 atom stereocenters. The second-order valence-electron chi connectivity index (χ2n) is 3.35. The Morgan fingerprint density at radius 2 is 2.17 bits per heavy atom. The number of rotatable bonds is 4. The number of aliphatic hydroxyl groups is 1. The molecule has 12 heavy (non-hydrogen) atoms. The molecule has 0 saturated carbocycles. The van der Waals surface area contributed by atoms with E-state index in [-0.39, 0.29) is 6.42 Å². The molecule has 0 fully saturated rings. The van der Waals surface area contributed by atoms with Crippen LogP contribution in [0, 0.1) is 5.92 Å². The summed E-state index contributed by atoms with van der Waals surface area (Å²) in [4.78, 5) is 10.8. The third-order valence-corrected chi connectivity index (χ3v) is 1.64. The van der Waals surface area contributed by atoms with Crippen molar-refractivity contribution in [1.29, 1.82) is 0 Å². The molecule has 0 bridgehead atoms. The van der Waals surface area contributed by atoms with Crippen LogP contribution in [0.25, 0.3) is 0 Å². The maximum absolute atomic E-state index is 10.8. The highest BCUT2D eigenvalue weighted by Crippen LogP contribution is 2.12. The Kier molecular flexibility index (Phi) is 4.20. The van der Waals surface area contributed by atoms with Crippen molar-refractivity contribution in [3.05, 3.63) is 0 Å². The highest BCUT2D eigenvalue weighted by Gasteiger charge is 2.31. The van der Waals surface area contributed by atoms with E-state index in [0.29, 0.717) is 12.3 Å². The van der Waals surface area contributed by atoms with Crippen molar-refractivity contribution in [3.63, 3.8) is 0 Å². The van der Waals surface area contributed by atoms with Crippen LogP contribution in [-0.4, -0.2) is 23.9 Å². The summed E-state index contributed by atoms with van der Waals surface area (Å²) in [6.07, 6.45) is 0.930. The van der Waals surface area contributed by atoms with Gasteiger partial charge in [0.25, 0.3) is 0 Å². The van der Waals surface area contributed by atoms with Crippen LogP contribution in [0.4, 0.5) is 0 Å². The normalized spacial score (nSPS) is 15.8. The van der Waals surface area contributed by atoms with Crippen LogP contribution >= 0.6 is 0 Å². The molecule has 0 aliphatic heterocycles. The Labute approximate surface area is 72.7 Å². The summed E-state index contributed by atoms with van der Waals surface area (Å²) in [5, 5.41) is 9.34. The smallest absolute Gasteiger partial charge is 0.353 e. The molecule has 4 heteroatoms. The van der Waals surface area contributed by atoms with Crippen LogP contribution in [0.1, 0.15) is 26.7 Å².